The SMILES string of the molecule is CC(C)(C)c1cc2c3c(c1)c1c4ccccc4ccc1n3B1c3ccc(-c4ccccc4)cc3N(c3cccc4c3oc3ccccc34)c3c1c-2cc1c3sc2ccccc21. The molecule has 0 saturated carbocycles. The highest BCUT2D eigenvalue weighted by molar-refractivity contribution is 7.26. The number of aromatic nitrogens is 1. The highest BCUT2D eigenvalue weighted by atomic mass is 32.1. The zero-order valence-electron chi connectivity index (χ0n) is 34.0. The van der Waals surface area contributed by atoms with Gasteiger partial charge in [0.1, 0.15) is 5.58 Å². The number of anilines is 3. The standard InChI is InChI=1S/C56H37BN2OS/c1-56(2,3)35-29-41-40-31-42-38-19-10-12-23-49(38)61-55(42)53-51(40)57(59-45-27-25-33-16-7-8-17-36(33)50(45)43(30-35)52(41)59)44-26-24-34(32-14-5-4-6-15-32)28-47(44)58(53)46-21-13-20-39-37-18-9-11-22-48(37)60-54(39)46/h4-31H,1-3H3. The second kappa shape index (κ2) is 11.8. The second-order valence-corrected chi connectivity index (χ2v) is 19.1. The third-order valence-electron chi connectivity index (χ3n) is 13.7. The zero-order valence-corrected chi connectivity index (χ0v) is 34.8. The van der Waals surface area contributed by atoms with Crippen LogP contribution in [0.3, 0.4) is 0 Å². The lowest BCUT2D eigenvalue weighted by Crippen LogP contribution is -2.56. The highest BCUT2D eigenvalue weighted by Gasteiger charge is 2.45. The molecule has 0 atom stereocenters. The van der Waals surface area contributed by atoms with E-state index in [0.717, 1.165) is 27.6 Å². The van der Waals surface area contributed by atoms with Gasteiger partial charge in [-0.3, -0.25) is 0 Å². The van der Waals surface area contributed by atoms with Crippen LogP contribution in [-0.2, 0) is 5.41 Å². The number of fused-ring (bicyclic) bond motifs is 16. The third kappa shape index (κ3) is 4.43. The van der Waals surface area contributed by atoms with E-state index in [-0.39, 0.29) is 12.3 Å². The minimum atomic E-state index is -0.0836. The molecule has 0 spiro atoms. The van der Waals surface area contributed by atoms with Crippen molar-refractivity contribution in [3.05, 3.63) is 175 Å². The van der Waals surface area contributed by atoms with E-state index in [1.165, 1.54) is 103 Å². The highest BCUT2D eigenvalue weighted by Crippen LogP contribution is 2.53. The Morgan fingerprint density at radius 2 is 1.33 bits per heavy atom. The Kier molecular flexibility index (Phi) is 6.53. The summed E-state index contributed by atoms with van der Waals surface area (Å²) in [6, 6.07) is 63.4. The summed E-state index contributed by atoms with van der Waals surface area (Å²) in [5.41, 5.74) is 16.7. The third-order valence-corrected chi connectivity index (χ3v) is 14.9. The van der Waals surface area contributed by atoms with E-state index >= 15 is 0 Å². The summed E-state index contributed by atoms with van der Waals surface area (Å²) in [6.45, 7) is 6.97. The fraction of sp³-hybridized carbons (Fsp3) is 0.0714. The van der Waals surface area contributed by atoms with Crippen molar-refractivity contribution in [2.75, 3.05) is 4.90 Å². The molecule has 14 rings (SSSR count). The lowest BCUT2D eigenvalue weighted by atomic mass is 9.45. The summed E-state index contributed by atoms with van der Waals surface area (Å²) in [5.74, 6) is 0. The van der Waals surface area contributed by atoms with Crippen LogP contribution < -0.4 is 15.8 Å². The van der Waals surface area contributed by atoms with E-state index in [1.807, 2.05) is 11.3 Å². The molecule has 286 valence electrons. The molecule has 9 aromatic carbocycles. The Morgan fingerprint density at radius 3 is 2.20 bits per heavy atom. The van der Waals surface area contributed by atoms with Gasteiger partial charge in [0.15, 0.2) is 5.58 Å². The number of para-hydroxylation sites is 2. The fourth-order valence-corrected chi connectivity index (χ4v) is 12.1. The van der Waals surface area contributed by atoms with Gasteiger partial charge < -0.3 is 13.8 Å². The summed E-state index contributed by atoms with van der Waals surface area (Å²) >= 11 is 1.91. The largest absolute Gasteiger partial charge is 0.454 e. The fourth-order valence-electron chi connectivity index (χ4n) is 10.9. The van der Waals surface area contributed by atoms with Crippen molar-refractivity contribution in [1.82, 2.24) is 4.48 Å². The van der Waals surface area contributed by atoms with Crippen molar-refractivity contribution in [3.63, 3.8) is 0 Å². The van der Waals surface area contributed by atoms with E-state index in [1.54, 1.807) is 0 Å². The Morgan fingerprint density at radius 1 is 0.557 bits per heavy atom. The normalized spacial score (nSPS) is 13.4. The Labute approximate surface area is 356 Å². The van der Waals surface area contributed by atoms with Gasteiger partial charge in [0.25, 0.3) is 0 Å². The Balaban J connectivity index is 1.22. The van der Waals surface area contributed by atoms with Crippen LogP contribution in [0.1, 0.15) is 26.3 Å². The van der Waals surface area contributed by atoms with Gasteiger partial charge in [-0.15, -0.1) is 11.3 Å². The molecule has 12 aromatic rings. The first kappa shape index (κ1) is 33.7. The van der Waals surface area contributed by atoms with Crippen molar-refractivity contribution in [3.8, 4) is 22.3 Å². The summed E-state index contributed by atoms with van der Waals surface area (Å²) in [4.78, 5) is 2.58. The molecule has 0 bridgehead atoms. The van der Waals surface area contributed by atoms with Crippen molar-refractivity contribution in [1.29, 1.82) is 0 Å². The van der Waals surface area contributed by atoms with Crippen LogP contribution in [0.2, 0.25) is 0 Å². The number of furan rings is 1. The first-order valence-corrected chi connectivity index (χ1v) is 22.1. The van der Waals surface area contributed by atoms with Gasteiger partial charge in [-0.25, -0.2) is 0 Å². The van der Waals surface area contributed by atoms with Crippen molar-refractivity contribution in [2.45, 2.75) is 26.2 Å². The molecule has 0 saturated heterocycles. The van der Waals surface area contributed by atoms with E-state index in [2.05, 4.69) is 200 Å². The smallest absolute Gasteiger partial charge is 0.333 e. The lowest BCUT2D eigenvalue weighted by Gasteiger charge is -2.41. The zero-order chi connectivity index (χ0) is 40.3. The number of hydrogen-bond acceptors (Lipinski definition) is 3. The van der Waals surface area contributed by atoms with Gasteiger partial charge >= 0.3 is 6.85 Å². The summed E-state index contributed by atoms with van der Waals surface area (Å²) in [7, 11) is 0. The molecule has 2 aliphatic heterocycles. The average molecular weight is 797 g/mol. The van der Waals surface area contributed by atoms with E-state index in [0.29, 0.717) is 0 Å². The van der Waals surface area contributed by atoms with Crippen LogP contribution in [0.4, 0.5) is 17.1 Å². The van der Waals surface area contributed by atoms with Gasteiger partial charge in [0.05, 0.1) is 16.1 Å². The number of thiophene rings is 1. The average Bonchev–Trinajstić information content (AvgIpc) is 3.97. The maximum absolute atomic E-state index is 6.95. The second-order valence-electron chi connectivity index (χ2n) is 18.0. The molecular weight excluding hydrogens is 760 g/mol. The molecule has 0 N–H and O–H groups in total. The van der Waals surface area contributed by atoms with E-state index < -0.39 is 0 Å². The van der Waals surface area contributed by atoms with Gasteiger partial charge in [0, 0.05) is 59.3 Å². The molecule has 3 aromatic heterocycles. The molecule has 5 heteroatoms. The molecule has 3 nitrogen and oxygen atoms in total. The molecule has 2 aliphatic rings. The van der Waals surface area contributed by atoms with Crippen molar-refractivity contribution >= 4 is 121 Å². The van der Waals surface area contributed by atoms with Crippen LogP contribution >= 0.6 is 11.3 Å². The summed E-state index contributed by atoms with van der Waals surface area (Å²) < 4.78 is 12.2. The molecule has 0 aliphatic carbocycles. The molecule has 5 heterocycles. The number of nitrogens with zero attached hydrogens (tertiary/aromatic N) is 2. The molecule has 0 radical (unpaired) electrons. The molecular formula is C56H37BN2OS. The minimum absolute atomic E-state index is 0.0663. The predicted octanol–water partition coefficient (Wildman–Crippen LogP) is 14.6. The predicted molar refractivity (Wildman–Crippen MR) is 262 cm³/mol. The van der Waals surface area contributed by atoms with E-state index in [9.17, 15) is 0 Å². The lowest BCUT2D eigenvalue weighted by molar-refractivity contribution is 0.591. The van der Waals surface area contributed by atoms with Crippen molar-refractivity contribution < 1.29 is 4.42 Å². The number of benzene rings is 9. The first-order chi connectivity index (χ1) is 29.9. The van der Waals surface area contributed by atoms with Gasteiger partial charge in [-0.1, -0.05) is 142 Å². The van der Waals surface area contributed by atoms with Gasteiger partial charge in [-0.2, -0.15) is 0 Å². The summed E-state index contributed by atoms with van der Waals surface area (Å²) in [5, 5.41) is 10.1. The number of rotatable bonds is 2. The monoisotopic (exact) mass is 796 g/mol. The first-order valence-electron chi connectivity index (χ1n) is 21.3. The maximum Gasteiger partial charge on any atom is 0.333 e. The molecule has 0 fully saturated rings. The van der Waals surface area contributed by atoms with Gasteiger partial charge in [0.2, 0.25) is 0 Å². The van der Waals surface area contributed by atoms with Crippen LogP contribution in [0, 0.1) is 0 Å². The molecule has 0 amide bonds. The Bertz CT molecular complexity index is 3880. The summed E-state index contributed by atoms with van der Waals surface area (Å²) in [6.07, 6.45) is 0. The van der Waals surface area contributed by atoms with E-state index in [4.69, 9.17) is 4.42 Å². The molecule has 0 unspecified atom stereocenters. The van der Waals surface area contributed by atoms with Crippen LogP contribution in [-0.4, -0.2) is 11.3 Å². The van der Waals surface area contributed by atoms with Crippen LogP contribution in [0.25, 0.3) is 96.9 Å². The Hall–Kier alpha value is -7.08. The van der Waals surface area contributed by atoms with Crippen LogP contribution in [0.15, 0.2) is 174 Å². The minimum Gasteiger partial charge on any atom is -0.454 e. The topological polar surface area (TPSA) is 21.3 Å². The maximum atomic E-state index is 6.95. The van der Waals surface area contributed by atoms with Crippen LogP contribution in [0.5, 0.6) is 0 Å². The molecule has 61 heavy (non-hydrogen) atoms. The quantitative estimate of drug-likeness (QED) is 0.163. The van der Waals surface area contributed by atoms with Crippen molar-refractivity contribution in [2.24, 2.45) is 0 Å². The van der Waals surface area contributed by atoms with Gasteiger partial charge in [-0.05, 0) is 97.9 Å². The number of hydrogen-bond donors (Lipinski definition) is 0.